The van der Waals surface area contributed by atoms with Gasteiger partial charge < -0.3 is 15.3 Å². The smallest absolute Gasteiger partial charge is 0.323 e. The Morgan fingerprint density at radius 3 is 2.59 bits per heavy atom. The van der Waals surface area contributed by atoms with Crippen molar-refractivity contribution in [1.29, 1.82) is 0 Å². The fraction of sp³-hybridized carbons (Fsp3) is 0.300. The summed E-state index contributed by atoms with van der Waals surface area (Å²) in [6, 6.07) is 3.16. The van der Waals surface area contributed by atoms with E-state index < -0.39 is 5.97 Å². The summed E-state index contributed by atoms with van der Waals surface area (Å²) in [6.07, 6.45) is 0. The molecule has 2 amide bonds. The Labute approximate surface area is 102 Å². The Bertz CT molecular complexity index is 455. The van der Waals surface area contributed by atoms with Crippen molar-refractivity contribution in [2.75, 3.05) is 18.9 Å². The number of carbonyl (C=O) groups is 3. The van der Waals surface area contributed by atoms with Gasteiger partial charge in [-0.1, -0.05) is 0 Å². The standard InChI is InChI=1S/C10H12N2O4S/c1-6(13)11-8-4-3-7(17-8)10(16)12(2)5-9(14)15/h3-4H,5H2,1-2H3,(H,11,13)(H,14,15). The number of nitrogens with one attached hydrogen (secondary N) is 1. The van der Waals surface area contributed by atoms with Crippen molar-refractivity contribution in [1.82, 2.24) is 4.90 Å². The van der Waals surface area contributed by atoms with E-state index in [1.807, 2.05) is 0 Å². The lowest BCUT2D eigenvalue weighted by Gasteiger charge is -2.12. The monoisotopic (exact) mass is 256 g/mol. The van der Waals surface area contributed by atoms with Gasteiger partial charge >= 0.3 is 5.97 Å². The highest BCUT2D eigenvalue weighted by Gasteiger charge is 2.16. The first-order valence-corrected chi connectivity index (χ1v) is 5.56. The molecule has 0 saturated heterocycles. The molecule has 6 nitrogen and oxygen atoms in total. The van der Waals surface area contributed by atoms with Gasteiger partial charge in [-0.3, -0.25) is 14.4 Å². The molecule has 0 radical (unpaired) electrons. The van der Waals surface area contributed by atoms with Crippen molar-refractivity contribution < 1.29 is 19.5 Å². The van der Waals surface area contributed by atoms with E-state index in [9.17, 15) is 14.4 Å². The third-order valence-electron chi connectivity index (χ3n) is 1.84. The first-order chi connectivity index (χ1) is 7.90. The molecule has 0 bridgehead atoms. The summed E-state index contributed by atoms with van der Waals surface area (Å²) in [6.45, 7) is 1.02. The number of carbonyl (C=O) groups excluding carboxylic acids is 2. The molecule has 1 heterocycles. The van der Waals surface area contributed by atoms with Gasteiger partial charge in [0.2, 0.25) is 5.91 Å². The second kappa shape index (κ2) is 5.44. The van der Waals surface area contributed by atoms with Crippen LogP contribution in [0.1, 0.15) is 16.6 Å². The lowest BCUT2D eigenvalue weighted by atomic mass is 10.4. The topological polar surface area (TPSA) is 86.7 Å². The summed E-state index contributed by atoms with van der Waals surface area (Å²) in [5.41, 5.74) is 0. The Kier molecular flexibility index (Phi) is 4.22. The van der Waals surface area contributed by atoms with E-state index in [2.05, 4.69) is 5.32 Å². The maximum Gasteiger partial charge on any atom is 0.323 e. The summed E-state index contributed by atoms with van der Waals surface area (Å²) in [5, 5.41) is 11.7. The number of anilines is 1. The molecule has 0 aliphatic carbocycles. The molecule has 1 rings (SSSR count). The van der Waals surface area contributed by atoms with E-state index in [-0.39, 0.29) is 18.4 Å². The molecule has 1 aromatic rings. The van der Waals surface area contributed by atoms with Crippen LogP contribution in [-0.4, -0.2) is 41.4 Å². The van der Waals surface area contributed by atoms with Crippen LogP contribution in [0.15, 0.2) is 12.1 Å². The summed E-state index contributed by atoms with van der Waals surface area (Å²) < 4.78 is 0. The minimum absolute atomic E-state index is 0.218. The third-order valence-corrected chi connectivity index (χ3v) is 2.82. The van der Waals surface area contributed by atoms with Crippen LogP contribution in [0.3, 0.4) is 0 Å². The fourth-order valence-corrected chi connectivity index (χ4v) is 2.10. The second-order valence-corrected chi connectivity index (χ2v) is 4.48. The molecule has 1 aromatic heterocycles. The van der Waals surface area contributed by atoms with Crippen molar-refractivity contribution in [2.45, 2.75) is 6.92 Å². The van der Waals surface area contributed by atoms with Gasteiger partial charge in [-0.15, -0.1) is 11.3 Å². The zero-order chi connectivity index (χ0) is 13.0. The molecule has 17 heavy (non-hydrogen) atoms. The quantitative estimate of drug-likeness (QED) is 0.836. The normalized spacial score (nSPS) is 9.76. The maximum atomic E-state index is 11.7. The summed E-state index contributed by atoms with van der Waals surface area (Å²) >= 11 is 1.11. The Morgan fingerprint density at radius 2 is 2.06 bits per heavy atom. The van der Waals surface area contributed by atoms with Crippen LogP contribution in [0.5, 0.6) is 0 Å². The highest BCUT2D eigenvalue weighted by atomic mass is 32.1. The lowest BCUT2D eigenvalue weighted by Crippen LogP contribution is -2.31. The molecular weight excluding hydrogens is 244 g/mol. The number of hydrogen-bond acceptors (Lipinski definition) is 4. The lowest BCUT2D eigenvalue weighted by molar-refractivity contribution is -0.137. The van der Waals surface area contributed by atoms with Gasteiger partial charge in [0.1, 0.15) is 6.54 Å². The molecule has 0 unspecified atom stereocenters. The van der Waals surface area contributed by atoms with Crippen LogP contribution in [-0.2, 0) is 9.59 Å². The Balaban J connectivity index is 2.72. The number of carboxylic acid groups (broad SMARTS) is 1. The Hall–Kier alpha value is -1.89. The van der Waals surface area contributed by atoms with Gasteiger partial charge in [0.15, 0.2) is 0 Å². The molecule has 2 N–H and O–H groups in total. The summed E-state index contributed by atoms with van der Waals surface area (Å²) in [5.74, 6) is -1.67. The number of aliphatic carboxylic acids is 1. The summed E-state index contributed by atoms with van der Waals surface area (Å²) in [4.78, 5) is 34.5. The van der Waals surface area contributed by atoms with Crippen LogP contribution in [0.4, 0.5) is 5.00 Å². The van der Waals surface area contributed by atoms with Gasteiger partial charge in [0.05, 0.1) is 9.88 Å². The largest absolute Gasteiger partial charge is 0.480 e. The number of amides is 2. The molecule has 0 spiro atoms. The highest BCUT2D eigenvalue weighted by molar-refractivity contribution is 7.18. The predicted octanol–water partition coefficient (Wildman–Crippen LogP) is 0.863. The number of likely N-dealkylation sites (N-methyl/N-ethyl adjacent to an activating group) is 1. The van der Waals surface area contributed by atoms with Crippen LogP contribution in [0.2, 0.25) is 0 Å². The van der Waals surface area contributed by atoms with Gasteiger partial charge in [-0.05, 0) is 12.1 Å². The van der Waals surface area contributed by atoms with Crippen molar-refractivity contribution in [3.63, 3.8) is 0 Å². The van der Waals surface area contributed by atoms with Gasteiger partial charge in [-0.2, -0.15) is 0 Å². The van der Waals surface area contributed by atoms with E-state index in [1.165, 1.54) is 14.0 Å². The number of nitrogens with zero attached hydrogens (tertiary/aromatic N) is 1. The first-order valence-electron chi connectivity index (χ1n) is 4.75. The molecule has 0 aromatic carbocycles. The van der Waals surface area contributed by atoms with Crippen LogP contribution in [0.25, 0.3) is 0 Å². The maximum absolute atomic E-state index is 11.7. The number of hydrogen-bond donors (Lipinski definition) is 2. The van der Waals surface area contributed by atoms with E-state index in [1.54, 1.807) is 12.1 Å². The van der Waals surface area contributed by atoms with Gasteiger partial charge in [0.25, 0.3) is 5.91 Å². The highest BCUT2D eigenvalue weighted by Crippen LogP contribution is 2.22. The van der Waals surface area contributed by atoms with E-state index in [4.69, 9.17) is 5.11 Å². The van der Waals surface area contributed by atoms with Gasteiger partial charge in [-0.25, -0.2) is 0 Å². The summed E-state index contributed by atoms with van der Waals surface area (Å²) in [7, 11) is 1.41. The molecular formula is C10H12N2O4S. The average molecular weight is 256 g/mol. The zero-order valence-electron chi connectivity index (χ0n) is 9.39. The van der Waals surface area contributed by atoms with Crippen molar-refractivity contribution in [2.24, 2.45) is 0 Å². The van der Waals surface area contributed by atoms with Crippen molar-refractivity contribution in [3.05, 3.63) is 17.0 Å². The minimum Gasteiger partial charge on any atom is -0.480 e. The zero-order valence-corrected chi connectivity index (χ0v) is 10.2. The van der Waals surface area contributed by atoms with E-state index in [0.717, 1.165) is 16.2 Å². The van der Waals surface area contributed by atoms with Crippen LogP contribution in [0, 0.1) is 0 Å². The van der Waals surface area contributed by atoms with E-state index >= 15 is 0 Å². The van der Waals surface area contributed by atoms with Crippen molar-refractivity contribution >= 4 is 34.1 Å². The van der Waals surface area contributed by atoms with Crippen LogP contribution < -0.4 is 5.32 Å². The number of carboxylic acids is 1. The van der Waals surface area contributed by atoms with Crippen LogP contribution >= 0.6 is 11.3 Å². The van der Waals surface area contributed by atoms with Gasteiger partial charge in [0, 0.05) is 14.0 Å². The molecule has 0 aliphatic heterocycles. The molecule has 0 atom stereocenters. The predicted molar refractivity (Wildman–Crippen MR) is 63.2 cm³/mol. The SMILES string of the molecule is CC(=O)Nc1ccc(C(=O)N(C)CC(=O)O)s1. The third kappa shape index (κ3) is 3.87. The number of rotatable bonds is 4. The molecule has 92 valence electrons. The van der Waals surface area contributed by atoms with Crippen molar-refractivity contribution in [3.8, 4) is 0 Å². The average Bonchev–Trinajstić information content (AvgIpc) is 2.62. The van der Waals surface area contributed by atoms with E-state index in [0.29, 0.717) is 9.88 Å². The number of thiophene rings is 1. The Morgan fingerprint density at radius 1 is 1.41 bits per heavy atom. The molecule has 7 heteroatoms. The minimum atomic E-state index is -1.07. The fourth-order valence-electron chi connectivity index (χ4n) is 1.16. The molecule has 0 aliphatic rings. The second-order valence-electron chi connectivity index (χ2n) is 3.40. The molecule has 0 saturated carbocycles. The molecule has 0 fully saturated rings. The first kappa shape index (κ1) is 13.2.